The Bertz CT molecular complexity index is 654. The molecule has 108 valence electrons. The average Bonchev–Trinajstić information content (AvgIpc) is 2.97. The molecule has 1 fully saturated rings. The van der Waals surface area contributed by atoms with Gasteiger partial charge in [-0.1, -0.05) is 30.3 Å². The van der Waals surface area contributed by atoms with E-state index in [1.807, 2.05) is 18.2 Å². The lowest BCUT2D eigenvalue weighted by Gasteiger charge is -2.17. The molecule has 0 radical (unpaired) electrons. The van der Waals surface area contributed by atoms with E-state index in [2.05, 4.69) is 12.1 Å². The van der Waals surface area contributed by atoms with Crippen molar-refractivity contribution in [2.24, 2.45) is 0 Å². The minimum atomic E-state index is -0.189. The van der Waals surface area contributed by atoms with Crippen molar-refractivity contribution in [3.8, 4) is 11.5 Å². The van der Waals surface area contributed by atoms with Crippen LogP contribution >= 0.6 is 0 Å². The minimum absolute atomic E-state index is 0.0485. The van der Waals surface area contributed by atoms with Crippen LogP contribution in [0.5, 0.6) is 11.5 Å². The number of phenolic OH excluding ortho intramolecular Hbond substituents is 2. The molecule has 0 aliphatic carbocycles. The summed E-state index contributed by atoms with van der Waals surface area (Å²) in [6.07, 6.45) is 0.925. The molecule has 4 heteroatoms. The first-order valence-electron chi connectivity index (χ1n) is 7.01. The number of rotatable bonds is 2. The Morgan fingerprint density at radius 1 is 1.10 bits per heavy atom. The second-order valence-electron chi connectivity index (χ2n) is 5.35. The van der Waals surface area contributed by atoms with Crippen LogP contribution in [0.25, 0.3) is 0 Å². The smallest absolute Gasteiger partial charge is 0.257 e. The van der Waals surface area contributed by atoms with Gasteiger partial charge in [-0.2, -0.15) is 0 Å². The van der Waals surface area contributed by atoms with E-state index < -0.39 is 0 Å². The van der Waals surface area contributed by atoms with Crippen LogP contribution in [0, 0.1) is 0 Å². The van der Waals surface area contributed by atoms with Crippen molar-refractivity contribution in [3.05, 3.63) is 59.7 Å². The Hall–Kier alpha value is -2.49. The SMILES string of the molecule is O=C(c1ccc(O)cc1O)N1CCC(c2ccccc2)C1. The number of phenols is 2. The summed E-state index contributed by atoms with van der Waals surface area (Å²) in [5.74, 6) is -0.0730. The highest BCUT2D eigenvalue weighted by Gasteiger charge is 2.29. The molecule has 1 aliphatic heterocycles. The summed E-state index contributed by atoms with van der Waals surface area (Å²) >= 11 is 0. The molecular weight excluding hydrogens is 266 g/mol. The normalized spacial score (nSPS) is 17.9. The molecule has 1 aliphatic rings. The largest absolute Gasteiger partial charge is 0.508 e. The van der Waals surface area contributed by atoms with Gasteiger partial charge in [-0.25, -0.2) is 0 Å². The maximum Gasteiger partial charge on any atom is 0.257 e. The van der Waals surface area contributed by atoms with E-state index in [4.69, 9.17) is 0 Å². The number of amides is 1. The van der Waals surface area contributed by atoms with Crippen LogP contribution in [0.1, 0.15) is 28.3 Å². The van der Waals surface area contributed by atoms with E-state index in [1.165, 1.54) is 23.8 Å². The van der Waals surface area contributed by atoms with Gasteiger partial charge >= 0.3 is 0 Å². The third-order valence-electron chi connectivity index (χ3n) is 3.96. The molecule has 1 atom stereocenters. The summed E-state index contributed by atoms with van der Waals surface area (Å²) < 4.78 is 0. The second kappa shape index (κ2) is 5.48. The lowest BCUT2D eigenvalue weighted by Crippen LogP contribution is -2.28. The lowest BCUT2D eigenvalue weighted by atomic mass is 9.99. The zero-order chi connectivity index (χ0) is 14.8. The van der Waals surface area contributed by atoms with Crippen molar-refractivity contribution in [1.29, 1.82) is 0 Å². The number of likely N-dealkylation sites (tertiary alicyclic amines) is 1. The molecule has 1 unspecified atom stereocenters. The summed E-state index contributed by atoms with van der Waals surface area (Å²) in [6, 6.07) is 14.2. The number of benzene rings is 2. The lowest BCUT2D eigenvalue weighted by molar-refractivity contribution is 0.0788. The van der Waals surface area contributed by atoms with Crippen LogP contribution < -0.4 is 0 Å². The molecule has 1 amide bonds. The Kier molecular flexibility index (Phi) is 3.52. The van der Waals surface area contributed by atoms with Gasteiger partial charge in [0.1, 0.15) is 11.5 Å². The molecule has 1 heterocycles. The van der Waals surface area contributed by atoms with Crippen LogP contribution in [0.2, 0.25) is 0 Å². The number of hydrogen-bond acceptors (Lipinski definition) is 3. The molecule has 0 bridgehead atoms. The maximum absolute atomic E-state index is 12.4. The van der Waals surface area contributed by atoms with Gasteiger partial charge in [0.15, 0.2) is 0 Å². The summed E-state index contributed by atoms with van der Waals surface area (Å²) in [5.41, 5.74) is 1.48. The molecule has 2 N–H and O–H groups in total. The number of aromatic hydroxyl groups is 2. The van der Waals surface area contributed by atoms with Gasteiger partial charge in [0, 0.05) is 25.1 Å². The first kappa shape index (κ1) is 13.5. The van der Waals surface area contributed by atoms with Gasteiger partial charge in [0.2, 0.25) is 0 Å². The first-order chi connectivity index (χ1) is 10.1. The van der Waals surface area contributed by atoms with Gasteiger partial charge in [-0.15, -0.1) is 0 Å². The summed E-state index contributed by atoms with van der Waals surface area (Å²) in [4.78, 5) is 14.2. The summed E-state index contributed by atoms with van der Waals surface area (Å²) in [5, 5.41) is 19.1. The van der Waals surface area contributed by atoms with Gasteiger partial charge < -0.3 is 15.1 Å². The predicted molar refractivity (Wildman–Crippen MR) is 79.5 cm³/mol. The highest BCUT2D eigenvalue weighted by molar-refractivity contribution is 5.97. The fraction of sp³-hybridized carbons (Fsp3) is 0.235. The summed E-state index contributed by atoms with van der Waals surface area (Å²) in [7, 11) is 0. The van der Waals surface area contributed by atoms with Gasteiger partial charge in [0.25, 0.3) is 5.91 Å². The fourth-order valence-corrected chi connectivity index (χ4v) is 2.81. The maximum atomic E-state index is 12.4. The van der Waals surface area contributed by atoms with Crippen molar-refractivity contribution in [3.63, 3.8) is 0 Å². The van der Waals surface area contributed by atoms with Crippen molar-refractivity contribution < 1.29 is 15.0 Å². The molecule has 2 aromatic rings. The molecule has 0 spiro atoms. The zero-order valence-electron chi connectivity index (χ0n) is 11.6. The molecule has 0 aromatic heterocycles. The Balaban J connectivity index is 1.75. The second-order valence-corrected chi connectivity index (χ2v) is 5.35. The first-order valence-corrected chi connectivity index (χ1v) is 7.01. The topological polar surface area (TPSA) is 60.8 Å². The van der Waals surface area contributed by atoms with Crippen LogP contribution in [0.4, 0.5) is 0 Å². The molecule has 1 saturated heterocycles. The highest BCUT2D eigenvalue weighted by atomic mass is 16.3. The number of carbonyl (C=O) groups excluding carboxylic acids is 1. The van der Waals surface area contributed by atoms with Crippen LogP contribution in [-0.4, -0.2) is 34.1 Å². The fourth-order valence-electron chi connectivity index (χ4n) is 2.81. The van der Waals surface area contributed by atoms with Crippen molar-refractivity contribution >= 4 is 5.91 Å². The zero-order valence-corrected chi connectivity index (χ0v) is 11.6. The van der Waals surface area contributed by atoms with E-state index in [1.54, 1.807) is 4.90 Å². The highest BCUT2D eigenvalue weighted by Crippen LogP contribution is 2.30. The van der Waals surface area contributed by atoms with Crippen LogP contribution in [0.15, 0.2) is 48.5 Å². The van der Waals surface area contributed by atoms with E-state index in [-0.39, 0.29) is 23.0 Å². The van der Waals surface area contributed by atoms with Gasteiger partial charge in [-0.3, -0.25) is 4.79 Å². The molecular formula is C17H17NO3. The number of nitrogens with zero attached hydrogens (tertiary/aromatic N) is 1. The third-order valence-corrected chi connectivity index (χ3v) is 3.96. The number of hydrogen-bond donors (Lipinski definition) is 2. The van der Waals surface area contributed by atoms with E-state index in [0.29, 0.717) is 19.0 Å². The van der Waals surface area contributed by atoms with Crippen molar-refractivity contribution in [2.45, 2.75) is 12.3 Å². The van der Waals surface area contributed by atoms with E-state index in [9.17, 15) is 15.0 Å². The molecule has 2 aromatic carbocycles. The average molecular weight is 283 g/mol. The predicted octanol–water partition coefficient (Wildman–Crippen LogP) is 2.73. The molecule has 3 rings (SSSR count). The minimum Gasteiger partial charge on any atom is -0.508 e. The van der Waals surface area contributed by atoms with Crippen LogP contribution in [0.3, 0.4) is 0 Å². The quantitative estimate of drug-likeness (QED) is 0.891. The van der Waals surface area contributed by atoms with E-state index >= 15 is 0 Å². The molecule has 0 saturated carbocycles. The molecule has 21 heavy (non-hydrogen) atoms. The van der Waals surface area contributed by atoms with E-state index in [0.717, 1.165) is 6.42 Å². The Morgan fingerprint density at radius 3 is 2.57 bits per heavy atom. The Labute approximate surface area is 123 Å². The number of carbonyl (C=O) groups is 1. The van der Waals surface area contributed by atoms with Crippen molar-refractivity contribution in [1.82, 2.24) is 4.90 Å². The third kappa shape index (κ3) is 2.70. The Morgan fingerprint density at radius 2 is 1.86 bits per heavy atom. The monoisotopic (exact) mass is 283 g/mol. The van der Waals surface area contributed by atoms with Gasteiger partial charge in [-0.05, 0) is 24.1 Å². The van der Waals surface area contributed by atoms with Crippen molar-refractivity contribution in [2.75, 3.05) is 13.1 Å². The molecule has 4 nitrogen and oxygen atoms in total. The standard InChI is InChI=1S/C17H17NO3/c19-14-6-7-15(16(20)10-14)17(21)18-9-8-13(11-18)12-4-2-1-3-5-12/h1-7,10,13,19-20H,8-9,11H2. The van der Waals surface area contributed by atoms with Crippen LogP contribution in [-0.2, 0) is 0 Å². The summed E-state index contributed by atoms with van der Waals surface area (Å²) in [6.45, 7) is 1.34. The van der Waals surface area contributed by atoms with Gasteiger partial charge in [0.05, 0.1) is 5.56 Å².